The first kappa shape index (κ1) is 25.4. The van der Waals surface area contributed by atoms with E-state index in [1.54, 1.807) is 41.3 Å². The van der Waals surface area contributed by atoms with Crippen LogP contribution in [0.1, 0.15) is 16.8 Å². The van der Waals surface area contributed by atoms with Crippen molar-refractivity contribution in [3.8, 4) is 0 Å². The second-order valence-corrected chi connectivity index (χ2v) is 12.4. The van der Waals surface area contributed by atoms with Crippen molar-refractivity contribution < 1.29 is 22.1 Å². The maximum atomic E-state index is 14.9. The molecule has 0 saturated carbocycles. The molecule has 1 N–H and O–H groups in total. The quantitative estimate of drug-likeness (QED) is 0.214. The number of alkyl halides is 3. The Kier molecular flexibility index (Phi) is 6.58. The fourth-order valence-corrected chi connectivity index (χ4v) is 7.45. The first-order valence-corrected chi connectivity index (χ1v) is 13.8. The summed E-state index contributed by atoms with van der Waals surface area (Å²) in [6, 6.07) is 13.1. The van der Waals surface area contributed by atoms with Gasteiger partial charge in [-0.2, -0.15) is 18.3 Å². The van der Waals surface area contributed by atoms with E-state index in [1.807, 2.05) is 0 Å². The predicted molar refractivity (Wildman–Crippen MR) is 135 cm³/mol. The average molecular weight is 551 g/mol. The number of nitrogens with one attached hydrogen (secondary N) is 1. The van der Waals surface area contributed by atoms with E-state index in [1.165, 1.54) is 6.07 Å². The number of nitrogens with zero attached hydrogens (tertiary/aromatic N) is 3. The summed E-state index contributed by atoms with van der Waals surface area (Å²) in [6.07, 6.45) is -4.16. The van der Waals surface area contributed by atoms with E-state index in [0.717, 1.165) is 12.1 Å². The first-order chi connectivity index (χ1) is 17.5. The summed E-state index contributed by atoms with van der Waals surface area (Å²) >= 11 is 5.81. The molecule has 1 saturated heterocycles. The lowest BCUT2D eigenvalue weighted by Crippen LogP contribution is -2.38. The highest BCUT2D eigenvalue weighted by Crippen LogP contribution is 2.48. The lowest BCUT2D eigenvalue weighted by Gasteiger charge is -2.33. The Morgan fingerprint density at radius 1 is 1.03 bits per heavy atom. The molecule has 0 radical (unpaired) electrons. The van der Waals surface area contributed by atoms with Gasteiger partial charge in [0.1, 0.15) is 23.9 Å². The van der Waals surface area contributed by atoms with Gasteiger partial charge < -0.3 is 9.46 Å². The highest BCUT2D eigenvalue weighted by atomic mass is 35.5. The van der Waals surface area contributed by atoms with Crippen LogP contribution < -0.4 is 15.8 Å². The molecule has 2 aromatic carbocycles. The molecule has 1 aliphatic rings. The van der Waals surface area contributed by atoms with Crippen LogP contribution in [0.5, 0.6) is 0 Å². The fourth-order valence-electron chi connectivity index (χ4n) is 4.55. The normalized spacial score (nSPS) is 15.8. The van der Waals surface area contributed by atoms with Crippen molar-refractivity contribution >= 4 is 40.6 Å². The Bertz CT molecular complexity index is 1600. The van der Waals surface area contributed by atoms with Crippen molar-refractivity contribution in [2.45, 2.75) is 12.6 Å². The second kappa shape index (κ2) is 9.58. The molecule has 2 aromatic heterocycles. The van der Waals surface area contributed by atoms with Crippen LogP contribution in [0.15, 0.2) is 59.4 Å². The molecular formula is C25H20ClF4N4O2P. The van der Waals surface area contributed by atoms with E-state index in [-0.39, 0.29) is 53.7 Å². The van der Waals surface area contributed by atoms with Crippen LogP contribution in [0.2, 0.25) is 5.15 Å². The second-order valence-electron chi connectivity index (χ2n) is 8.87. The standard InChI is InChI=1S/C25H20ClF4N4O2P/c26-22-13-16(25(28,29)30)14-23(31-22)34-7-9-37(36,10-8-34)21-12-15(5-6-19(21)27)11-20-17-3-1-2-4-18(17)24(35)33-32-20/h1-6,12-14H,7-11H2,(H,33,35). The van der Waals surface area contributed by atoms with Crippen LogP contribution in [0, 0.1) is 5.82 Å². The number of aromatic nitrogens is 3. The minimum atomic E-state index is -4.58. The fraction of sp³-hybridized carbons (Fsp3) is 0.240. The number of pyridine rings is 1. The Balaban J connectivity index is 1.39. The van der Waals surface area contributed by atoms with Crippen molar-refractivity contribution in [3.05, 3.63) is 92.7 Å². The molecule has 37 heavy (non-hydrogen) atoms. The average Bonchev–Trinajstić information content (AvgIpc) is 2.86. The summed E-state index contributed by atoms with van der Waals surface area (Å²) in [5.41, 5.74) is 0.0312. The van der Waals surface area contributed by atoms with E-state index in [0.29, 0.717) is 22.0 Å². The summed E-state index contributed by atoms with van der Waals surface area (Å²) in [6.45, 7) is 0.273. The van der Waals surface area contributed by atoms with Gasteiger partial charge in [-0.15, -0.1) is 0 Å². The number of H-pyrrole nitrogens is 1. The van der Waals surface area contributed by atoms with E-state index in [4.69, 9.17) is 11.6 Å². The van der Waals surface area contributed by atoms with E-state index in [9.17, 15) is 26.9 Å². The van der Waals surface area contributed by atoms with Gasteiger partial charge in [0.2, 0.25) is 0 Å². The number of benzene rings is 2. The summed E-state index contributed by atoms with van der Waals surface area (Å²) in [5.74, 6) is -0.559. The van der Waals surface area contributed by atoms with Crippen LogP contribution in [-0.4, -0.2) is 40.6 Å². The monoisotopic (exact) mass is 550 g/mol. The Hall–Kier alpha value is -3.23. The number of rotatable bonds is 4. The van der Waals surface area contributed by atoms with Gasteiger partial charge in [-0.3, -0.25) is 4.79 Å². The molecule has 192 valence electrons. The Labute approximate surface area is 213 Å². The van der Waals surface area contributed by atoms with Crippen molar-refractivity contribution in [1.29, 1.82) is 0 Å². The van der Waals surface area contributed by atoms with Crippen molar-refractivity contribution in [2.24, 2.45) is 0 Å². The van der Waals surface area contributed by atoms with Crippen LogP contribution >= 0.6 is 18.7 Å². The third-order valence-corrected chi connectivity index (χ3v) is 9.75. The van der Waals surface area contributed by atoms with Gasteiger partial charge in [0.25, 0.3) is 5.56 Å². The van der Waals surface area contributed by atoms with Crippen LogP contribution in [0.3, 0.4) is 0 Å². The van der Waals surface area contributed by atoms with Gasteiger partial charge in [-0.25, -0.2) is 14.5 Å². The van der Waals surface area contributed by atoms with Gasteiger partial charge in [-0.1, -0.05) is 35.9 Å². The summed E-state index contributed by atoms with van der Waals surface area (Å²) in [5, 5.41) is 7.59. The van der Waals surface area contributed by atoms with Gasteiger partial charge in [0.15, 0.2) is 0 Å². The number of hydrogen-bond donors (Lipinski definition) is 1. The molecule has 0 unspecified atom stereocenters. The van der Waals surface area contributed by atoms with Crippen molar-refractivity contribution in [1.82, 2.24) is 15.2 Å². The van der Waals surface area contributed by atoms with Gasteiger partial charge in [0, 0.05) is 42.5 Å². The molecule has 0 bridgehead atoms. The van der Waals surface area contributed by atoms with Crippen LogP contribution in [0.25, 0.3) is 10.8 Å². The van der Waals surface area contributed by atoms with E-state index < -0.39 is 24.7 Å². The van der Waals surface area contributed by atoms with Gasteiger partial charge >= 0.3 is 6.18 Å². The summed E-state index contributed by atoms with van der Waals surface area (Å²) < 4.78 is 68.3. The minimum Gasteiger partial charge on any atom is -0.356 e. The molecule has 0 amide bonds. The number of anilines is 1. The number of halogens is 5. The molecule has 6 nitrogen and oxygen atoms in total. The van der Waals surface area contributed by atoms with Crippen molar-refractivity contribution in [3.63, 3.8) is 0 Å². The topological polar surface area (TPSA) is 79.0 Å². The molecule has 3 heterocycles. The predicted octanol–water partition coefficient (Wildman–Crippen LogP) is 5.23. The third-order valence-electron chi connectivity index (χ3n) is 6.49. The molecular weight excluding hydrogens is 531 g/mol. The van der Waals surface area contributed by atoms with Crippen LogP contribution in [0.4, 0.5) is 23.4 Å². The first-order valence-electron chi connectivity index (χ1n) is 11.4. The van der Waals surface area contributed by atoms with Gasteiger partial charge in [0.05, 0.1) is 16.6 Å². The largest absolute Gasteiger partial charge is 0.416 e. The zero-order valence-corrected chi connectivity index (χ0v) is 20.9. The number of fused-ring (bicyclic) bond motifs is 1. The lowest BCUT2D eigenvalue weighted by molar-refractivity contribution is -0.137. The molecule has 0 spiro atoms. The van der Waals surface area contributed by atoms with E-state index >= 15 is 0 Å². The number of hydrogen-bond acceptors (Lipinski definition) is 5. The highest BCUT2D eigenvalue weighted by Gasteiger charge is 2.35. The number of aromatic amines is 1. The smallest absolute Gasteiger partial charge is 0.356 e. The minimum absolute atomic E-state index is 0.0383. The molecule has 0 atom stereocenters. The van der Waals surface area contributed by atoms with E-state index in [2.05, 4.69) is 15.2 Å². The van der Waals surface area contributed by atoms with Crippen LogP contribution in [-0.2, 0) is 17.2 Å². The molecule has 4 aromatic rings. The highest BCUT2D eigenvalue weighted by molar-refractivity contribution is 7.71. The van der Waals surface area contributed by atoms with Crippen molar-refractivity contribution in [2.75, 3.05) is 30.3 Å². The SMILES string of the molecule is O=c1[nH]nc(Cc2ccc(F)c(P3(=O)CCN(c4cc(C(F)(F)F)cc(Cl)n4)CC3)c2)c2ccccc12. The summed E-state index contributed by atoms with van der Waals surface area (Å²) in [7, 11) is -3.18. The Morgan fingerprint density at radius 2 is 1.73 bits per heavy atom. The molecule has 12 heteroatoms. The zero-order chi connectivity index (χ0) is 26.4. The van der Waals surface area contributed by atoms with Gasteiger partial charge in [-0.05, 0) is 35.9 Å². The summed E-state index contributed by atoms with van der Waals surface area (Å²) in [4.78, 5) is 17.6. The third kappa shape index (κ3) is 5.13. The lowest BCUT2D eigenvalue weighted by atomic mass is 10.0. The maximum Gasteiger partial charge on any atom is 0.416 e. The Morgan fingerprint density at radius 3 is 2.43 bits per heavy atom. The zero-order valence-electron chi connectivity index (χ0n) is 19.2. The molecule has 1 fully saturated rings. The molecule has 1 aliphatic heterocycles. The molecule has 5 rings (SSSR count). The maximum absolute atomic E-state index is 14.9. The molecule has 0 aliphatic carbocycles.